The van der Waals surface area contributed by atoms with Crippen molar-refractivity contribution in [3.8, 4) is 0 Å². The second-order valence-electron chi connectivity index (χ2n) is 5.52. The molecule has 1 aliphatic rings. The zero-order chi connectivity index (χ0) is 13.5. The van der Waals surface area contributed by atoms with Crippen molar-refractivity contribution in [3.05, 3.63) is 30.1 Å². The molecule has 1 aromatic heterocycles. The maximum absolute atomic E-state index is 5.82. The lowest BCUT2D eigenvalue weighted by atomic mass is 9.81. The molecule has 2 unspecified atom stereocenters. The van der Waals surface area contributed by atoms with Crippen molar-refractivity contribution in [2.45, 2.75) is 50.7 Å². The van der Waals surface area contributed by atoms with Crippen molar-refractivity contribution in [2.24, 2.45) is 5.92 Å². The van der Waals surface area contributed by atoms with E-state index >= 15 is 0 Å². The fraction of sp³-hybridized carbons (Fsp3) is 0.688. The Hall–Kier alpha value is -0.930. The van der Waals surface area contributed by atoms with Crippen molar-refractivity contribution in [3.63, 3.8) is 0 Å². The molecule has 3 nitrogen and oxygen atoms in total. The molecule has 19 heavy (non-hydrogen) atoms. The Morgan fingerprint density at radius 2 is 2.11 bits per heavy atom. The second-order valence-corrected chi connectivity index (χ2v) is 5.52. The summed E-state index contributed by atoms with van der Waals surface area (Å²) in [6.07, 6.45) is 9.80. The summed E-state index contributed by atoms with van der Waals surface area (Å²) in [6.45, 7) is 0. The molecular formula is C16H26N2O. The molecule has 0 aliphatic heterocycles. The Bertz CT molecular complexity index is 349. The van der Waals surface area contributed by atoms with E-state index in [-0.39, 0.29) is 0 Å². The fourth-order valence-corrected chi connectivity index (χ4v) is 3.27. The normalized spacial score (nSPS) is 20.1. The molecule has 1 N–H and O–H groups in total. The molecule has 106 valence electrons. The van der Waals surface area contributed by atoms with E-state index in [0.29, 0.717) is 18.1 Å². The van der Waals surface area contributed by atoms with Gasteiger partial charge in [0.25, 0.3) is 0 Å². The zero-order valence-electron chi connectivity index (χ0n) is 12.1. The predicted molar refractivity (Wildman–Crippen MR) is 78.2 cm³/mol. The highest BCUT2D eigenvalue weighted by Gasteiger charge is 2.30. The van der Waals surface area contributed by atoms with Crippen LogP contribution in [0, 0.1) is 5.92 Å². The van der Waals surface area contributed by atoms with Gasteiger partial charge in [0, 0.05) is 31.5 Å². The van der Waals surface area contributed by atoms with E-state index in [1.165, 1.54) is 32.1 Å². The molecule has 2 atom stereocenters. The molecule has 0 spiro atoms. The van der Waals surface area contributed by atoms with Crippen LogP contribution in [0.15, 0.2) is 24.4 Å². The third-order valence-corrected chi connectivity index (χ3v) is 4.31. The van der Waals surface area contributed by atoms with Gasteiger partial charge in [0.1, 0.15) is 0 Å². The first-order chi connectivity index (χ1) is 9.35. The van der Waals surface area contributed by atoms with Gasteiger partial charge >= 0.3 is 0 Å². The Labute approximate surface area is 116 Å². The Kier molecular flexibility index (Phi) is 5.80. The van der Waals surface area contributed by atoms with Crippen molar-refractivity contribution in [1.82, 2.24) is 10.3 Å². The Morgan fingerprint density at radius 3 is 2.68 bits per heavy atom. The number of rotatable bonds is 6. The third kappa shape index (κ3) is 4.02. The van der Waals surface area contributed by atoms with Gasteiger partial charge in [-0.2, -0.15) is 0 Å². The number of hydrogen-bond acceptors (Lipinski definition) is 3. The SMILES string of the molecule is CNC(Cc1ccccn1)C(OC)C1CCCCC1. The highest BCUT2D eigenvalue weighted by molar-refractivity contribution is 5.06. The summed E-state index contributed by atoms with van der Waals surface area (Å²) >= 11 is 0. The fourth-order valence-electron chi connectivity index (χ4n) is 3.27. The van der Waals surface area contributed by atoms with Gasteiger partial charge in [-0.15, -0.1) is 0 Å². The number of aromatic nitrogens is 1. The molecular weight excluding hydrogens is 236 g/mol. The van der Waals surface area contributed by atoms with E-state index in [0.717, 1.165) is 12.1 Å². The molecule has 1 fully saturated rings. The van der Waals surface area contributed by atoms with Crippen LogP contribution in [-0.4, -0.2) is 31.3 Å². The van der Waals surface area contributed by atoms with Crippen LogP contribution in [0.4, 0.5) is 0 Å². The smallest absolute Gasteiger partial charge is 0.0756 e. The number of pyridine rings is 1. The van der Waals surface area contributed by atoms with Crippen LogP contribution in [0.5, 0.6) is 0 Å². The Morgan fingerprint density at radius 1 is 1.32 bits per heavy atom. The van der Waals surface area contributed by atoms with Crippen molar-refractivity contribution >= 4 is 0 Å². The summed E-state index contributed by atoms with van der Waals surface area (Å²) < 4.78 is 5.82. The second kappa shape index (κ2) is 7.61. The lowest BCUT2D eigenvalue weighted by Crippen LogP contribution is -2.45. The van der Waals surface area contributed by atoms with E-state index in [1.54, 1.807) is 0 Å². The van der Waals surface area contributed by atoms with Crippen LogP contribution in [0.2, 0.25) is 0 Å². The van der Waals surface area contributed by atoms with Crippen LogP contribution < -0.4 is 5.32 Å². The number of nitrogens with zero attached hydrogens (tertiary/aromatic N) is 1. The summed E-state index contributed by atoms with van der Waals surface area (Å²) in [7, 11) is 3.88. The Balaban J connectivity index is 2.01. The minimum absolute atomic E-state index is 0.298. The maximum atomic E-state index is 5.82. The van der Waals surface area contributed by atoms with Gasteiger partial charge in [0.05, 0.1) is 6.10 Å². The van der Waals surface area contributed by atoms with E-state index < -0.39 is 0 Å². The lowest BCUT2D eigenvalue weighted by Gasteiger charge is -2.34. The molecule has 1 heterocycles. The minimum atomic E-state index is 0.298. The van der Waals surface area contributed by atoms with E-state index in [9.17, 15) is 0 Å². The predicted octanol–water partition coefficient (Wildman–Crippen LogP) is 2.81. The number of nitrogens with one attached hydrogen (secondary N) is 1. The zero-order valence-corrected chi connectivity index (χ0v) is 12.1. The van der Waals surface area contributed by atoms with Gasteiger partial charge in [0.2, 0.25) is 0 Å². The first kappa shape index (κ1) is 14.5. The van der Waals surface area contributed by atoms with Crippen LogP contribution in [0.25, 0.3) is 0 Å². The van der Waals surface area contributed by atoms with Gasteiger partial charge in [-0.05, 0) is 37.9 Å². The number of likely N-dealkylation sites (N-methyl/N-ethyl adjacent to an activating group) is 1. The van der Waals surface area contributed by atoms with Gasteiger partial charge in [-0.3, -0.25) is 4.98 Å². The molecule has 0 saturated heterocycles. The number of ether oxygens (including phenoxy) is 1. The van der Waals surface area contributed by atoms with E-state index in [2.05, 4.69) is 22.4 Å². The average molecular weight is 262 g/mol. The van der Waals surface area contributed by atoms with Gasteiger partial charge in [-0.1, -0.05) is 25.3 Å². The molecule has 1 aliphatic carbocycles. The molecule has 3 heteroatoms. The van der Waals surface area contributed by atoms with Gasteiger partial charge in [-0.25, -0.2) is 0 Å². The molecule has 2 rings (SSSR count). The van der Waals surface area contributed by atoms with Crippen LogP contribution >= 0.6 is 0 Å². The summed E-state index contributed by atoms with van der Waals surface area (Å²) in [6, 6.07) is 6.46. The van der Waals surface area contributed by atoms with Crippen molar-refractivity contribution < 1.29 is 4.74 Å². The van der Waals surface area contributed by atoms with Crippen molar-refractivity contribution in [1.29, 1.82) is 0 Å². The molecule has 0 bridgehead atoms. The molecule has 1 saturated carbocycles. The molecule has 1 aromatic rings. The van der Waals surface area contributed by atoms with E-state index in [4.69, 9.17) is 4.74 Å². The third-order valence-electron chi connectivity index (χ3n) is 4.31. The minimum Gasteiger partial charge on any atom is -0.380 e. The lowest BCUT2D eigenvalue weighted by molar-refractivity contribution is 0.00993. The van der Waals surface area contributed by atoms with Gasteiger partial charge < -0.3 is 10.1 Å². The van der Waals surface area contributed by atoms with E-state index in [1.807, 2.05) is 26.4 Å². The average Bonchev–Trinajstić information content (AvgIpc) is 2.49. The summed E-state index contributed by atoms with van der Waals surface area (Å²) in [5, 5.41) is 3.43. The highest BCUT2D eigenvalue weighted by Crippen LogP contribution is 2.29. The molecule has 0 aromatic carbocycles. The number of methoxy groups -OCH3 is 1. The summed E-state index contributed by atoms with van der Waals surface area (Å²) in [5.41, 5.74) is 1.14. The summed E-state index contributed by atoms with van der Waals surface area (Å²) in [5.74, 6) is 0.694. The van der Waals surface area contributed by atoms with Gasteiger partial charge in [0.15, 0.2) is 0 Å². The van der Waals surface area contributed by atoms with Crippen LogP contribution in [-0.2, 0) is 11.2 Å². The monoisotopic (exact) mass is 262 g/mol. The topological polar surface area (TPSA) is 34.2 Å². The van der Waals surface area contributed by atoms with Crippen LogP contribution in [0.3, 0.4) is 0 Å². The molecule has 0 amide bonds. The first-order valence-corrected chi connectivity index (χ1v) is 7.45. The maximum Gasteiger partial charge on any atom is 0.0756 e. The standard InChI is InChI=1S/C16H26N2O/c1-17-15(12-14-10-6-7-11-18-14)16(19-2)13-8-4-3-5-9-13/h6-7,10-11,13,15-17H,3-5,8-9,12H2,1-2H3. The van der Waals surface area contributed by atoms with Crippen LogP contribution in [0.1, 0.15) is 37.8 Å². The van der Waals surface area contributed by atoms with Crippen molar-refractivity contribution in [2.75, 3.05) is 14.2 Å². The largest absolute Gasteiger partial charge is 0.380 e. The summed E-state index contributed by atoms with van der Waals surface area (Å²) in [4.78, 5) is 4.43. The molecule has 0 radical (unpaired) electrons. The number of hydrogen-bond donors (Lipinski definition) is 1. The quantitative estimate of drug-likeness (QED) is 0.856. The highest BCUT2D eigenvalue weighted by atomic mass is 16.5. The first-order valence-electron chi connectivity index (χ1n) is 7.45.